The van der Waals surface area contributed by atoms with E-state index < -0.39 is 5.97 Å². The third kappa shape index (κ3) is 3.40. The topological polar surface area (TPSA) is 99.2 Å². The van der Waals surface area contributed by atoms with Crippen molar-refractivity contribution in [3.63, 3.8) is 0 Å². The molecule has 0 bridgehead atoms. The molecule has 0 saturated heterocycles. The van der Waals surface area contributed by atoms with Crippen LogP contribution in [0.3, 0.4) is 0 Å². The van der Waals surface area contributed by atoms with Crippen molar-refractivity contribution in [1.29, 1.82) is 0 Å². The molecular formula is C20H18N4O4S. The molecule has 0 atom stereocenters. The van der Waals surface area contributed by atoms with Crippen LogP contribution in [-0.4, -0.2) is 33.8 Å². The molecular weight excluding hydrogens is 392 g/mol. The number of esters is 1. The Morgan fingerprint density at radius 3 is 2.83 bits per heavy atom. The fraction of sp³-hybridized carbons (Fsp3) is 0.200. The lowest BCUT2D eigenvalue weighted by molar-refractivity contribution is 0.0607. The van der Waals surface area contributed by atoms with Crippen molar-refractivity contribution in [3.05, 3.63) is 52.5 Å². The maximum atomic E-state index is 13.1. The van der Waals surface area contributed by atoms with Gasteiger partial charge in [-0.2, -0.15) is 5.10 Å². The Balaban J connectivity index is 1.81. The number of pyridine rings is 1. The largest absolute Gasteiger partial charge is 0.465 e. The number of ether oxygens (including phenoxy) is 1. The minimum Gasteiger partial charge on any atom is -0.465 e. The Kier molecular flexibility index (Phi) is 4.89. The molecule has 0 aliphatic rings. The van der Waals surface area contributed by atoms with Gasteiger partial charge in [0.15, 0.2) is 11.4 Å². The van der Waals surface area contributed by atoms with Crippen LogP contribution < -0.4 is 5.32 Å². The molecule has 0 spiro atoms. The first-order chi connectivity index (χ1) is 14.0. The molecule has 8 nitrogen and oxygen atoms in total. The molecule has 0 fully saturated rings. The van der Waals surface area contributed by atoms with Crippen LogP contribution >= 0.6 is 11.3 Å². The second-order valence-electron chi connectivity index (χ2n) is 6.56. The summed E-state index contributed by atoms with van der Waals surface area (Å²) in [4.78, 5) is 30.0. The number of nitrogens with zero attached hydrogens (tertiary/aromatic N) is 3. The number of rotatable bonds is 5. The third-order valence-electron chi connectivity index (χ3n) is 4.36. The lowest BCUT2D eigenvalue weighted by Crippen LogP contribution is -2.15. The van der Waals surface area contributed by atoms with Gasteiger partial charge in [0.1, 0.15) is 10.6 Å². The zero-order chi connectivity index (χ0) is 20.5. The second-order valence-corrected chi connectivity index (χ2v) is 7.48. The van der Waals surface area contributed by atoms with Gasteiger partial charge in [-0.25, -0.2) is 14.5 Å². The maximum absolute atomic E-state index is 13.1. The minimum absolute atomic E-state index is 0.0607. The van der Waals surface area contributed by atoms with Crippen LogP contribution in [0.5, 0.6) is 0 Å². The quantitative estimate of drug-likeness (QED) is 0.491. The lowest BCUT2D eigenvalue weighted by Gasteiger charge is -2.10. The van der Waals surface area contributed by atoms with Gasteiger partial charge in [-0.3, -0.25) is 4.79 Å². The van der Waals surface area contributed by atoms with Crippen LogP contribution in [0.15, 0.2) is 46.5 Å². The van der Waals surface area contributed by atoms with Crippen LogP contribution in [0, 0.1) is 0 Å². The number of methoxy groups -OCH3 is 1. The van der Waals surface area contributed by atoms with Gasteiger partial charge in [0.05, 0.1) is 36.2 Å². The second kappa shape index (κ2) is 7.51. The number of hydrogen-bond acceptors (Lipinski definition) is 7. The highest BCUT2D eigenvalue weighted by Crippen LogP contribution is 2.29. The molecule has 148 valence electrons. The molecule has 0 aliphatic carbocycles. The third-order valence-corrected chi connectivity index (χ3v) is 5.25. The van der Waals surface area contributed by atoms with Crippen molar-refractivity contribution in [3.8, 4) is 11.5 Å². The summed E-state index contributed by atoms with van der Waals surface area (Å²) in [6, 6.07) is 6.92. The first-order valence-electron chi connectivity index (χ1n) is 8.89. The van der Waals surface area contributed by atoms with Gasteiger partial charge in [0.25, 0.3) is 5.91 Å². The number of carbonyl (C=O) groups excluding carboxylic acids is 2. The van der Waals surface area contributed by atoms with E-state index >= 15 is 0 Å². The van der Waals surface area contributed by atoms with E-state index in [1.54, 1.807) is 46.8 Å². The van der Waals surface area contributed by atoms with E-state index in [1.807, 2.05) is 13.8 Å². The van der Waals surface area contributed by atoms with Crippen molar-refractivity contribution >= 4 is 39.9 Å². The normalized spacial score (nSPS) is 11.2. The summed E-state index contributed by atoms with van der Waals surface area (Å²) in [6.45, 7) is 3.98. The van der Waals surface area contributed by atoms with Crippen molar-refractivity contribution < 1.29 is 18.7 Å². The highest BCUT2D eigenvalue weighted by molar-refractivity contribution is 7.12. The standard InChI is InChI=1S/C20H18N4O4S/c1-11(2)24-18-13(10-21-24)12(9-15(22-18)16-5-4-7-28-16)19(25)23-14-6-8-29-17(14)20(26)27-3/h4-11H,1-3H3,(H,23,25). The summed E-state index contributed by atoms with van der Waals surface area (Å²) in [7, 11) is 1.30. The van der Waals surface area contributed by atoms with E-state index in [9.17, 15) is 9.59 Å². The first kappa shape index (κ1) is 18.9. The summed E-state index contributed by atoms with van der Waals surface area (Å²) in [5.41, 5.74) is 1.88. The SMILES string of the molecule is COC(=O)c1sccc1NC(=O)c1cc(-c2ccco2)nc2c1cnn2C(C)C. The highest BCUT2D eigenvalue weighted by Gasteiger charge is 2.21. The number of anilines is 1. The Hall–Kier alpha value is -3.46. The first-order valence-corrected chi connectivity index (χ1v) is 9.77. The van der Waals surface area contributed by atoms with Crippen molar-refractivity contribution in [2.24, 2.45) is 0 Å². The number of aromatic nitrogens is 3. The average molecular weight is 410 g/mol. The number of nitrogens with one attached hydrogen (secondary N) is 1. The molecule has 4 aromatic rings. The number of carbonyl (C=O) groups is 2. The summed E-state index contributed by atoms with van der Waals surface area (Å²) < 4.78 is 12.0. The van der Waals surface area contributed by atoms with Gasteiger partial charge in [0, 0.05) is 6.04 Å². The summed E-state index contributed by atoms with van der Waals surface area (Å²) in [6.07, 6.45) is 3.17. The van der Waals surface area contributed by atoms with E-state index in [1.165, 1.54) is 18.4 Å². The molecule has 1 amide bonds. The molecule has 29 heavy (non-hydrogen) atoms. The molecule has 0 radical (unpaired) electrons. The monoisotopic (exact) mass is 410 g/mol. The number of hydrogen-bond donors (Lipinski definition) is 1. The zero-order valence-corrected chi connectivity index (χ0v) is 16.8. The van der Waals surface area contributed by atoms with E-state index in [0.29, 0.717) is 38.6 Å². The van der Waals surface area contributed by atoms with Gasteiger partial charge in [-0.15, -0.1) is 11.3 Å². The van der Waals surface area contributed by atoms with Gasteiger partial charge in [-0.1, -0.05) is 0 Å². The molecule has 1 N–H and O–H groups in total. The summed E-state index contributed by atoms with van der Waals surface area (Å²) in [5, 5.41) is 9.52. The van der Waals surface area contributed by atoms with E-state index in [0.717, 1.165) is 0 Å². The maximum Gasteiger partial charge on any atom is 0.350 e. The predicted molar refractivity (Wildman–Crippen MR) is 109 cm³/mol. The van der Waals surface area contributed by atoms with Crippen LogP contribution in [0.4, 0.5) is 5.69 Å². The number of furan rings is 1. The van der Waals surface area contributed by atoms with Crippen molar-refractivity contribution in [2.75, 3.05) is 12.4 Å². The molecule has 9 heteroatoms. The molecule has 0 aliphatic heterocycles. The zero-order valence-electron chi connectivity index (χ0n) is 16.0. The fourth-order valence-corrected chi connectivity index (χ4v) is 3.75. The van der Waals surface area contributed by atoms with E-state index in [2.05, 4.69) is 15.4 Å². The highest BCUT2D eigenvalue weighted by atomic mass is 32.1. The Labute approximate surface area is 170 Å². The number of amides is 1. The number of fused-ring (bicyclic) bond motifs is 1. The Morgan fingerprint density at radius 1 is 1.31 bits per heavy atom. The van der Waals surface area contributed by atoms with Crippen LogP contribution in [0.25, 0.3) is 22.5 Å². The molecule has 4 rings (SSSR count). The molecule has 4 heterocycles. The molecule has 4 aromatic heterocycles. The molecule has 0 saturated carbocycles. The van der Waals surface area contributed by atoms with Crippen molar-refractivity contribution in [2.45, 2.75) is 19.9 Å². The fourth-order valence-electron chi connectivity index (χ4n) is 2.98. The number of thiophene rings is 1. The van der Waals surface area contributed by atoms with Gasteiger partial charge < -0.3 is 14.5 Å². The Bertz CT molecular complexity index is 1190. The predicted octanol–water partition coefficient (Wildman–Crippen LogP) is 4.37. The molecule has 0 aromatic carbocycles. The smallest absolute Gasteiger partial charge is 0.350 e. The van der Waals surface area contributed by atoms with E-state index in [-0.39, 0.29) is 11.9 Å². The summed E-state index contributed by atoms with van der Waals surface area (Å²) in [5.74, 6) is -0.334. The van der Waals surface area contributed by atoms with Crippen LogP contribution in [0.1, 0.15) is 39.9 Å². The van der Waals surface area contributed by atoms with Crippen LogP contribution in [0.2, 0.25) is 0 Å². The minimum atomic E-state index is -0.501. The average Bonchev–Trinajstić information content (AvgIpc) is 3.46. The Morgan fingerprint density at radius 2 is 2.14 bits per heavy atom. The van der Waals surface area contributed by atoms with E-state index in [4.69, 9.17) is 9.15 Å². The molecule has 0 unspecified atom stereocenters. The van der Waals surface area contributed by atoms with Crippen molar-refractivity contribution in [1.82, 2.24) is 14.8 Å². The van der Waals surface area contributed by atoms with Gasteiger partial charge >= 0.3 is 5.97 Å². The summed E-state index contributed by atoms with van der Waals surface area (Å²) >= 11 is 1.20. The lowest BCUT2D eigenvalue weighted by atomic mass is 10.1. The van der Waals surface area contributed by atoms with Gasteiger partial charge in [0.2, 0.25) is 0 Å². The van der Waals surface area contributed by atoms with Crippen LogP contribution in [-0.2, 0) is 4.74 Å². The van der Waals surface area contributed by atoms with Gasteiger partial charge in [-0.05, 0) is 43.5 Å².